The van der Waals surface area contributed by atoms with E-state index in [4.69, 9.17) is 4.74 Å². The van der Waals surface area contributed by atoms with Crippen LogP contribution < -0.4 is 10.1 Å². The van der Waals surface area contributed by atoms with E-state index in [1.54, 1.807) is 30.3 Å². The molecular formula is C22H22F6N2O3. The van der Waals surface area contributed by atoms with Crippen LogP contribution in [0.25, 0.3) is 0 Å². The van der Waals surface area contributed by atoms with Gasteiger partial charge in [-0.3, -0.25) is 4.79 Å². The van der Waals surface area contributed by atoms with E-state index >= 15 is 0 Å². The summed E-state index contributed by atoms with van der Waals surface area (Å²) in [7, 11) is 0.880. The van der Waals surface area contributed by atoms with Gasteiger partial charge in [-0.1, -0.05) is 30.3 Å². The molecule has 0 bridgehead atoms. The van der Waals surface area contributed by atoms with Gasteiger partial charge in [-0.25, -0.2) is 0 Å². The quantitative estimate of drug-likeness (QED) is 0.496. The maximum Gasteiger partial charge on any atom is 0.417 e. The van der Waals surface area contributed by atoms with E-state index in [2.05, 4.69) is 5.32 Å². The number of carbonyl (C=O) groups is 1. The minimum absolute atomic E-state index is 0.111. The number of halogens is 6. The Hall–Kier alpha value is -2.79. The lowest BCUT2D eigenvalue weighted by atomic mass is 9.81. The van der Waals surface area contributed by atoms with Gasteiger partial charge in [-0.05, 0) is 37.1 Å². The lowest BCUT2D eigenvalue weighted by Crippen LogP contribution is -2.58. The van der Waals surface area contributed by atoms with Gasteiger partial charge in [0.25, 0.3) is 5.91 Å². The molecule has 33 heavy (non-hydrogen) atoms. The van der Waals surface area contributed by atoms with E-state index in [0.717, 1.165) is 12.0 Å². The normalized spacial score (nSPS) is 19.3. The Morgan fingerprint density at radius 2 is 1.79 bits per heavy atom. The first-order chi connectivity index (χ1) is 15.5. The Morgan fingerprint density at radius 3 is 2.27 bits per heavy atom. The second kappa shape index (κ2) is 9.22. The molecule has 1 aliphatic heterocycles. The molecule has 3 rings (SSSR count). The van der Waals surface area contributed by atoms with Gasteiger partial charge in [0.1, 0.15) is 12.5 Å². The average molecular weight is 476 g/mol. The van der Waals surface area contributed by atoms with Crippen LogP contribution in [0.1, 0.15) is 39.9 Å². The maximum absolute atomic E-state index is 13.9. The third-order valence-electron chi connectivity index (χ3n) is 5.74. The second-order valence-electron chi connectivity index (χ2n) is 7.65. The number of aliphatic hydroxyl groups excluding tert-OH is 1. The van der Waals surface area contributed by atoms with Crippen LogP contribution in [0, 0.1) is 0 Å². The molecule has 2 aromatic carbocycles. The minimum atomic E-state index is -5.29. The largest absolute Gasteiger partial charge is 0.496 e. The Kier molecular flexibility index (Phi) is 6.94. The van der Waals surface area contributed by atoms with Gasteiger partial charge in [-0.2, -0.15) is 26.3 Å². The first-order valence-corrected chi connectivity index (χ1v) is 10.0. The monoisotopic (exact) mass is 476 g/mol. The van der Waals surface area contributed by atoms with E-state index in [-0.39, 0.29) is 12.6 Å². The number of ether oxygens (including phenoxy) is 1. The van der Waals surface area contributed by atoms with Crippen LogP contribution in [0.4, 0.5) is 26.3 Å². The van der Waals surface area contributed by atoms with Crippen LogP contribution in [-0.2, 0) is 17.9 Å². The van der Waals surface area contributed by atoms with Crippen molar-refractivity contribution in [2.75, 3.05) is 26.9 Å². The SMILES string of the molecule is COc1cc(C(F)(F)F)cc(C(F)(F)F)c1C(=O)N(CO)C1(c2ccccc2)CCCNC1. The number of alkyl halides is 6. The smallest absolute Gasteiger partial charge is 0.417 e. The summed E-state index contributed by atoms with van der Waals surface area (Å²) in [5, 5.41) is 13.2. The van der Waals surface area contributed by atoms with Gasteiger partial charge in [0.05, 0.1) is 29.3 Å². The number of aliphatic hydroxyl groups is 1. The maximum atomic E-state index is 13.9. The summed E-state index contributed by atoms with van der Waals surface area (Å²) in [6.07, 6.45) is -9.51. The van der Waals surface area contributed by atoms with Crippen molar-refractivity contribution in [3.05, 3.63) is 64.7 Å². The lowest BCUT2D eigenvalue weighted by molar-refractivity contribution is -0.143. The highest BCUT2D eigenvalue weighted by molar-refractivity contribution is 5.99. The molecule has 1 fully saturated rings. The Labute approximate surface area is 186 Å². The zero-order chi connectivity index (χ0) is 24.4. The lowest BCUT2D eigenvalue weighted by Gasteiger charge is -2.46. The summed E-state index contributed by atoms with van der Waals surface area (Å²) in [6, 6.07) is 8.69. The fraction of sp³-hybridized carbons (Fsp3) is 0.409. The summed E-state index contributed by atoms with van der Waals surface area (Å²) >= 11 is 0. The van der Waals surface area contributed by atoms with Crippen LogP contribution >= 0.6 is 0 Å². The van der Waals surface area contributed by atoms with Crippen molar-refractivity contribution in [1.82, 2.24) is 10.2 Å². The summed E-state index contributed by atoms with van der Waals surface area (Å²) < 4.78 is 86.1. The number of hydrogen-bond donors (Lipinski definition) is 2. The van der Waals surface area contributed by atoms with Crippen LogP contribution in [0.3, 0.4) is 0 Å². The highest BCUT2D eigenvalue weighted by Gasteiger charge is 2.47. The summed E-state index contributed by atoms with van der Waals surface area (Å²) in [6.45, 7) is -0.232. The van der Waals surface area contributed by atoms with Gasteiger partial charge in [0, 0.05) is 6.54 Å². The number of amides is 1. The second-order valence-corrected chi connectivity index (χ2v) is 7.65. The molecule has 1 amide bonds. The number of methoxy groups -OCH3 is 1. The number of nitrogens with one attached hydrogen (secondary N) is 1. The fourth-order valence-corrected chi connectivity index (χ4v) is 4.18. The van der Waals surface area contributed by atoms with Crippen molar-refractivity contribution in [2.24, 2.45) is 0 Å². The third-order valence-corrected chi connectivity index (χ3v) is 5.74. The van der Waals surface area contributed by atoms with Crippen molar-refractivity contribution >= 4 is 5.91 Å². The molecule has 1 unspecified atom stereocenters. The molecule has 1 saturated heterocycles. The number of hydrogen-bond acceptors (Lipinski definition) is 4. The molecule has 1 atom stereocenters. The zero-order valence-electron chi connectivity index (χ0n) is 17.6. The molecule has 0 saturated carbocycles. The molecular weight excluding hydrogens is 454 g/mol. The molecule has 2 aromatic rings. The standard InChI is InChI=1S/C22H22F6N2O3/c1-33-17-11-15(21(23,24)25)10-16(22(26,27)28)18(17)19(32)30(13-31)20(8-5-9-29-12-20)14-6-3-2-4-7-14/h2-4,6-7,10-11,29,31H,5,8-9,12-13H2,1H3. The van der Waals surface area contributed by atoms with Gasteiger partial charge in [0.2, 0.25) is 0 Å². The fourth-order valence-electron chi connectivity index (χ4n) is 4.18. The Bertz CT molecular complexity index is 986. The zero-order valence-corrected chi connectivity index (χ0v) is 17.6. The van der Waals surface area contributed by atoms with Crippen molar-refractivity contribution in [3.63, 3.8) is 0 Å². The van der Waals surface area contributed by atoms with Gasteiger partial charge < -0.3 is 20.1 Å². The van der Waals surface area contributed by atoms with Gasteiger partial charge >= 0.3 is 12.4 Å². The number of piperidine rings is 1. The van der Waals surface area contributed by atoms with Gasteiger partial charge in [0.15, 0.2) is 0 Å². The van der Waals surface area contributed by atoms with E-state index in [0.29, 0.717) is 31.0 Å². The average Bonchev–Trinajstić information content (AvgIpc) is 2.78. The molecule has 11 heteroatoms. The van der Waals surface area contributed by atoms with Crippen molar-refractivity contribution in [3.8, 4) is 5.75 Å². The van der Waals surface area contributed by atoms with E-state index in [1.165, 1.54) is 0 Å². The first-order valence-electron chi connectivity index (χ1n) is 10.0. The van der Waals surface area contributed by atoms with Crippen LogP contribution in [0.2, 0.25) is 0 Å². The number of benzene rings is 2. The predicted molar refractivity (Wildman–Crippen MR) is 106 cm³/mol. The minimum Gasteiger partial charge on any atom is -0.496 e. The van der Waals surface area contributed by atoms with Gasteiger partial charge in [-0.15, -0.1) is 0 Å². The van der Waals surface area contributed by atoms with Crippen LogP contribution in [0.5, 0.6) is 5.75 Å². The molecule has 1 aliphatic rings. The van der Waals surface area contributed by atoms with Crippen molar-refractivity contribution in [2.45, 2.75) is 30.7 Å². The number of carbonyl (C=O) groups excluding carboxylic acids is 1. The van der Waals surface area contributed by atoms with Crippen LogP contribution in [-0.4, -0.2) is 42.8 Å². The summed E-state index contributed by atoms with van der Waals surface area (Å²) in [5.74, 6) is -2.17. The Balaban J connectivity index is 2.23. The van der Waals surface area contributed by atoms with Crippen molar-refractivity contribution in [1.29, 1.82) is 0 Å². The topological polar surface area (TPSA) is 61.8 Å². The molecule has 1 heterocycles. The molecule has 5 nitrogen and oxygen atoms in total. The van der Waals surface area contributed by atoms with E-state index in [1.807, 2.05) is 0 Å². The molecule has 0 radical (unpaired) electrons. The Morgan fingerprint density at radius 1 is 1.12 bits per heavy atom. The van der Waals surface area contributed by atoms with E-state index < -0.39 is 53.0 Å². The number of nitrogens with zero attached hydrogens (tertiary/aromatic N) is 1. The highest BCUT2D eigenvalue weighted by Crippen LogP contribution is 2.44. The molecule has 0 aliphatic carbocycles. The first kappa shape index (κ1) is 24.8. The molecule has 2 N–H and O–H groups in total. The highest BCUT2D eigenvalue weighted by atomic mass is 19.4. The number of rotatable bonds is 5. The van der Waals surface area contributed by atoms with Crippen LogP contribution in [0.15, 0.2) is 42.5 Å². The summed E-state index contributed by atoms with van der Waals surface area (Å²) in [5.41, 5.74) is -5.13. The molecule has 0 spiro atoms. The van der Waals surface area contributed by atoms with Crippen molar-refractivity contribution < 1.29 is 41.0 Å². The molecule has 180 valence electrons. The predicted octanol–water partition coefficient (Wildman–Crippen LogP) is 4.40. The molecule has 0 aromatic heterocycles. The van der Waals surface area contributed by atoms with E-state index in [9.17, 15) is 36.2 Å². The third kappa shape index (κ3) is 4.79. The summed E-state index contributed by atoms with van der Waals surface area (Å²) in [4.78, 5) is 14.4.